The predicted octanol–water partition coefficient (Wildman–Crippen LogP) is 6.03. The van der Waals surface area contributed by atoms with E-state index in [1.54, 1.807) is 0 Å². The van der Waals surface area contributed by atoms with E-state index < -0.39 is 0 Å². The zero-order valence-electron chi connectivity index (χ0n) is 14.2. The molecule has 0 radical (unpaired) electrons. The van der Waals surface area contributed by atoms with Crippen molar-refractivity contribution in [3.05, 3.63) is 84.1 Å². The zero-order valence-corrected chi connectivity index (χ0v) is 14.2. The van der Waals surface area contributed by atoms with Crippen LogP contribution in [0.3, 0.4) is 0 Å². The third-order valence-electron chi connectivity index (χ3n) is 4.16. The van der Waals surface area contributed by atoms with E-state index >= 15 is 0 Å². The highest BCUT2D eigenvalue weighted by molar-refractivity contribution is 5.75. The van der Waals surface area contributed by atoms with Crippen LogP contribution in [0.1, 0.15) is 11.1 Å². The van der Waals surface area contributed by atoms with Gasteiger partial charge in [0.25, 0.3) is 0 Å². The highest BCUT2D eigenvalue weighted by atomic mass is 15.2. The van der Waals surface area contributed by atoms with E-state index in [0.717, 1.165) is 34.0 Å². The maximum absolute atomic E-state index is 4.82. The molecule has 0 aliphatic heterocycles. The number of azo groups is 1. The highest BCUT2D eigenvalue weighted by Gasteiger charge is 2.14. The quantitative estimate of drug-likeness (QED) is 0.424. The summed E-state index contributed by atoms with van der Waals surface area (Å²) in [5.74, 6) is 0.741. The van der Waals surface area contributed by atoms with Gasteiger partial charge in [-0.15, -0.1) is 10.2 Å². The first-order chi connectivity index (χ1) is 12.2. The molecule has 4 rings (SSSR count). The number of aryl methyl sites for hydroxylation is 2. The van der Waals surface area contributed by atoms with Crippen molar-refractivity contribution in [3.8, 4) is 11.3 Å². The lowest BCUT2D eigenvalue weighted by Gasteiger charge is -2.00. The minimum atomic E-state index is 0.741. The molecule has 0 fully saturated rings. The Hall–Kier alpha value is -3.27. The van der Waals surface area contributed by atoms with Crippen LogP contribution in [-0.4, -0.2) is 9.38 Å². The van der Waals surface area contributed by atoms with Gasteiger partial charge in [0.15, 0.2) is 5.82 Å². The molecule has 0 N–H and O–H groups in total. The van der Waals surface area contributed by atoms with Crippen LogP contribution in [0.15, 0.2) is 83.2 Å². The van der Waals surface area contributed by atoms with Crippen molar-refractivity contribution in [1.82, 2.24) is 9.38 Å². The van der Waals surface area contributed by atoms with Gasteiger partial charge in [-0.3, -0.25) is 4.40 Å². The molecule has 0 atom stereocenters. The molecular weight excluding hydrogens is 308 g/mol. The van der Waals surface area contributed by atoms with Crippen molar-refractivity contribution in [1.29, 1.82) is 0 Å². The highest BCUT2D eigenvalue weighted by Crippen LogP contribution is 2.33. The summed E-state index contributed by atoms with van der Waals surface area (Å²) in [5, 5.41) is 8.96. The van der Waals surface area contributed by atoms with Crippen LogP contribution >= 0.6 is 0 Å². The largest absolute Gasteiger partial charge is 0.282 e. The first-order valence-electron chi connectivity index (χ1n) is 8.24. The Balaban J connectivity index is 1.88. The standard InChI is InChI=1S/C21H18N4/c1-15-10-12-18(13-11-15)23-24-21-19(17-8-4-3-5-9-17)22-20-16(2)7-6-14-25(20)21/h3-14H,1-2H3. The molecule has 2 aromatic carbocycles. The molecular formula is C21H18N4. The van der Waals surface area contributed by atoms with Crippen molar-refractivity contribution in [2.45, 2.75) is 13.8 Å². The van der Waals surface area contributed by atoms with Crippen LogP contribution in [0.5, 0.6) is 0 Å². The first-order valence-corrected chi connectivity index (χ1v) is 8.24. The normalized spacial score (nSPS) is 11.4. The van der Waals surface area contributed by atoms with Crippen molar-refractivity contribution < 1.29 is 0 Å². The number of fused-ring (bicyclic) bond motifs is 1. The molecule has 4 aromatic rings. The molecule has 0 spiro atoms. The summed E-state index contributed by atoms with van der Waals surface area (Å²) in [5.41, 5.74) is 5.91. The maximum Gasteiger partial charge on any atom is 0.187 e. The summed E-state index contributed by atoms with van der Waals surface area (Å²) in [6, 6.07) is 22.2. The molecule has 2 heterocycles. The second-order valence-electron chi connectivity index (χ2n) is 6.07. The molecule has 25 heavy (non-hydrogen) atoms. The zero-order chi connectivity index (χ0) is 17.2. The van der Waals surface area contributed by atoms with Gasteiger partial charge in [-0.25, -0.2) is 4.98 Å². The Morgan fingerprint density at radius 1 is 0.800 bits per heavy atom. The van der Waals surface area contributed by atoms with Crippen LogP contribution in [0.4, 0.5) is 11.5 Å². The fourth-order valence-electron chi connectivity index (χ4n) is 2.79. The molecule has 0 aliphatic rings. The number of rotatable bonds is 3. The fourth-order valence-corrected chi connectivity index (χ4v) is 2.79. The Morgan fingerprint density at radius 3 is 2.32 bits per heavy atom. The van der Waals surface area contributed by atoms with Gasteiger partial charge in [0.2, 0.25) is 0 Å². The lowest BCUT2D eigenvalue weighted by molar-refractivity contribution is 1.10. The summed E-state index contributed by atoms with van der Waals surface area (Å²) in [6.45, 7) is 4.11. The molecule has 0 amide bonds. The van der Waals surface area contributed by atoms with Gasteiger partial charge >= 0.3 is 0 Å². The summed E-state index contributed by atoms with van der Waals surface area (Å²) in [4.78, 5) is 4.82. The Morgan fingerprint density at radius 2 is 1.56 bits per heavy atom. The molecule has 0 aliphatic carbocycles. The summed E-state index contributed by atoms with van der Waals surface area (Å²) in [6.07, 6.45) is 1.98. The van der Waals surface area contributed by atoms with Crippen LogP contribution in [-0.2, 0) is 0 Å². The van der Waals surface area contributed by atoms with E-state index in [4.69, 9.17) is 4.98 Å². The topological polar surface area (TPSA) is 42.0 Å². The van der Waals surface area contributed by atoms with Crippen LogP contribution in [0.25, 0.3) is 16.9 Å². The minimum absolute atomic E-state index is 0.741. The lowest BCUT2D eigenvalue weighted by Crippen LogP contribution is -1.85. The molecule has 122 valence electrons. The predicted molar refractivity (Wildman–Crippen MR) is 101 cm³/mol. The molecule has 0 saturated carbocycles. The molecule has 4 heteroatoms. The van der Waals surface area contributed by atoms with E-state index in [9.17, 15) is 0 Å². The second-order valence-corrected chi connectivity index (χ2v) is 6.07. The van der Waals surface area contributed by atoms with Crippen molar-refractivity contribution in [3.63, 3.8) is 0 Å². The molecule has 2 aromatic heterocycles. The Bertz CT molecular complexity index is 1040. The SMILES string of the molecule is Cc1ccc(N=Nc2c(-c3ccccc3)nc3c(C)cccn23)cc1. The summed E-state index contributed by atoms with van der Waals surface area (Å²) in [7, 11) is 0. The number of hydrogen-bond acceptors (Lipinski definition) is 3. The maximum atomic E-state index is 4.82. The van der Waals surface area contributed by atoms with Gasteiger partial charge in [0, 0.05) is 11.8 Å². The summed E-state index contributed by atoms with van der Waals surface area (Å²) < 4.78 is 2.00. The molecule has 0 unspecified atom stereocenters. The number of hydrogen-bond donors (Lipinski definition) is 0. The van der Waals surface area contributed by atoms with E-state index in [2.05, 4.69) is 30.1 Å². The van der Waals surface area contributed by atoms with Crippen molar-refractivity contribution >= 4 is 17.2 Å². The third kappa shape index (κ3) is 2.94. The second kappa shape index (κ2) is 6.32. The van der Waals surface area contributed by atoms with Gasteiger partial charge in [0.05, 0.1) is 5.69 Å². The number of imidazole rings is 1. The average molecular weight is 326 g/mol. The van der Waals surface area contributed by atoms with E-state index in [1.165, 1.54) is 5.56 Å². The third-order valence-corrected chi connectivity index (χ3v) is 4.16. The van der Waals surface area contributed by atoms with Gasteiger partial charge in [-0.1, -0.05) is 54.1 Å². The number of aromatic nitrogens is 2. The van der Waals surface area contributed by atoms with Gasteiger partial charge < -0.3 is 0 Å². The van der Waals surface area contributed by atoms with E-state index in [1.807, 2.05) is 71.3 Å². The van der Waals surface area contributed by atoms with E-state index in [0.29, 0.717) is 0 Å². The first kappa shape index (κ1) is 15.3. The Labute approximate surface area is 146 Å². The van der Waals surface area contributed by atoms with Crippen molar-refractivity contribution in [2.24, 2.45) is 10.2 Å². The molecule has 0 bridgehead atoms. The number of nitrogens with zero attached hydrogens (tertiary/aromatic N) is 4. The fraction of sp³-hybridized carbons (Fsp3) is 0.0952. The van der Waals surface area contributed by atoms with Crippen LogP contribution < -0.4 is 0 Å². The van der Waals surface area contributed by atoms with E-state index in [-0.39, 0.29) is 0 Å². The smallest absolute Gasteiger partial charge is 0.187 e. The monoisotopic (exact) mass is 326 g/mol. The van der Waals surface area contributed by atoms with Crippen LogP contribution in [0, 0.1) is 13.8 Å². The lowest BCUT2D eigenvalue weighted by atomic mass is 10.1. The summed E-state index contributed by atoms with van der Waals surface area (Å²) >= 11 is 0. The molecule has 4 nitrogen and oxygen atoms in total. The number of benzene rings is 2. The van der Waals surface area contributed by atoms with Gasteiger partial charge in [-0.2, -0.15) is 0 Å². The average Bonchev–Trinajstić information content (AvgIpc) is 3.02. The van der Waals surface area contributed by atoms with Gasteiger partial charge in [0.1, 0.15) is 11.3 Å². The van der Waals surface area contributed by atoms with Crippen LogP contribution in [0.2, 0.25) is 0 Å². The van der Waals surface area contributed by atoms with Crippen molar-refractivity contribution in [2.75, 3.05) is 0 Å². The minimum Gasteiger partial charge on any atom is -0.282 e. The Kier molecular flexibility index (Phi) is 3.86. The van der Waals surface area contributed by atoms with Gasteiger partial charge in [-0.05, 0) is 37.6 Å². The number of pyridine rings is 1. The molecule has 0 saturated heterocycles.